The third-order valence-corrected chi connectivity index (χ3v) is 3.07. The van der Waals surface area contributed by atoms with Crippen molar-refractivity contribution in [1.82, 2.24) is 9.97 Å². The summed E-state index contributed by atoms with van der Waals surface area (Å²) in [6.45, 7) is 0.512. The number of anilines is 1. The van der Waals surface area contributed by atoms with Gasteiger partial charge in [-0.15, -0.1) is 0 Å². The number of rotatable bonds is 4. The first-order valence-electron chi connectivity index (χ1n) is 6.67. The van der Waals surface area contributed by atoms with Gasteiger partial charge in [0.25, 0.3) is 0 Å². The van der Waals surface area contributed by atoms with Crippen molar-refractivity contribution in [3.05, 3.63) is 72.4 Å². The Kier molecular flexibility index (Phi) is 3.78. The van der Waals surface area contributed by atoms with Crippen molar-refractivity contribution in [2.24, 2.45) is 0 Å². The fourth-order valence-electron chi connectivity index (χ4n) is 2.06. The second kappa shape index (κ2) is 6.05. The largest absolute Gasteiger partial charge is 0.488 e. The third kappa shape index (κ3) is 3.17. The van der Waals surface area contributed by atoms with Crippen LogP contribution in [-0.2, 0) is 6.61 Å². The Hall–Kier alpha value is -2.88. The van der Waals surface area contributed by atoms with E-state index in [0.29, 0.717) is 6.61 Å². The first-order valence-corrected chi connectivity index (χ1v) is 6.67. The van der Waals surface area contributed by atoms with Crippen molar-refractivity contribution in [3.8, 4) is 17.0 Å². The number of ether oxygens (including phenoxy) is 1. The van der Waals surface area contributed by atoms with Crippen LogP contribution in [0.15, 0.2) is 66.9 Å². The topological polar surface area (TPSA) is 61.0 Å². The van der Waals surface area contributed by atoms with Gasteiger partial charge in [-0.3, -0.25) is 0 Å². The molecule has 3 aromatic rings. The van der Waals surface area contributed by atoms with Gasteiger partial charge in [0.15, 0.2) is 0 Å². The van der Waals surface area contributed by atoms with Crippen LogP contribution in [0.5, 0.6) is 5.75 Å². The second-order valence-corrected chi connectivity index (χ2v) is 4.57. The molecule has 0 aliphatic carbocycles. The van der Waals surface area contributed by atoms with Gasteiger partial charge < -0.3 is 10.5 Å². The quantitative estimate of drug-likeness (QED) is 0.794. The molecule has 0 amide bonds. The summed E-state index contributed by atoms with van der Waals surface area (Å²) in [6.07, 6.45) is 1.64. The molecule has 0 atom stereocenters. The Morgan fingerprint density at radius 3 is 2.48 bits per heavy atom. The first-order chi connectivity index (χ1) is 10.3. The maximum absolute atomic E-state index is 5.92. The number of aromatic nitrogens is 2. The number of benzene rings is 2. The van der Waals surface area contributed by atoms with Gasteiger partial charge in [-0.05, 0) is 23.8 Å². The highest BCUT2D eigenvalue weighted by Crippen LogP contribution is 2.29. The average Bonchev–Trinajstić information content (AvgIpc) is 2.54. The lowest BCUT2D eigenvalue weighted by molar-refractivity contribution is 0.307. The molecular weight excluding hydrogens is 262 g/mol. The highest BCUT2D eigenvalue weighted by atomic mass is 16.5. The zero-order valence-electron chi connectivity index (χ0n) is 11.4. The first kappa shape index (κ1) is 13.1. The molecule has 3 rings (SSSR count). The predicted octanol–water partition coefficient (Wildman–Crippen LogP) is 3.30. The van der Waals surface area contributed by atoms with E-state index in [9.17, 15) is 0 Å². The van der Waals surface area contributed by atoms with Crippen molar-refractivity contribution in [1.29, 1.82) is 0 Å². The van der Waals surface area contributed by atoms with Crippen LogP contribution in [0.4, 0.5) is 5.95 Å². The van der Waals surface area contributed by atoms with E-state index in [4.69, 9.17) is 10.5 Å². The van der Waals surface area contributed by atoms with Crippen LogP contribution >= 0.6 is 0 Å². The Morgan fingerprint density at radius 2 is 1.67 bits per heavy atom. The molecule has 0 aliphatic rings. The van der Waals surface area contributed by atoms with Gasteiger partial charge in [0, 0.05) is 11.8 Å². The van der Waals surface area contributed by atoms with Crippen molar-refractivity contribution in [3.63, 3.8) is 0 Å². The summed E-state index contributed by atoms with van der Waals surface area (Å²) in [4.78, 5) is 8.16. The van der Waals surface area contributed by atoms with E-state index in [-0.39, 0.29) is 5.95 Å². The molecule has 0 saturated heterocycles. The number of para-hydroxylation sites is 1. The molecular formula is C17H15N3O. The molecule has 4 heteroatoms. The molecule has 0 aliphatic heterocycles. The van der Waals surface area contributed by atoms with Gasteiger partial charge in [-0.25, -0.2) is 9.97 Å². The van der Waals surface area contributed by atoms with E-state index >= 15 is 0 Å². The Balaban J connectivity index is 1.86. The van der Waals surface area contributed by atoms with E-state index in [1.54, 1.807) is 6.20 Å². The lowest BCUT2D eigenvalue weighted by Gasteiger charge is -2.11. The van der Waals surface area contributed by atoms with Crippen LogP contribution in [0, 0.1) is 0 Å². The maximum Gasteiger partial charge on any atom is 0.220 e. The molecule has 104 valence electrons. The van der Waals surface area contributed by atoms with Gasteiger partial charge in [0.05, 0.1) is 5.69 Å². The SMILES string of the molecule is Nc1nccc(-c2ccccc2OCc2ccccc2)n1. The molecule has 0 radical (unpaired) electrons. The molecule has 2 N–H and O–H groups in total. The summed E-state index contributed by atoms with van der Waals surface area (Å²) in [5.41, 5.74) is 8.43. The zero-order valence-corrected chi connectivity index (χ0v) is 11.4. The van der Waals surface area contributed by atoms with Crippen molar-refractivity contribution < 1.29 is 4.74 Å². The minimum absolute atomic E-state index is 0.255. The fraction of sp³-hybridized carbons (Fsp3) is 0.0588. The van der Waals surface area contributed by atoms with Gasteiger partial charge >= 0.3 is 0 Å². The summed E-state index contributed by atoms with van der Waals surface area (Å²) in [5.74, 6) is 1.03. The lowest BCUT2D eigenvalue weighted by Crippen LogP contribution is -1.99. The van der Waals surface area contributed by atoms with Crippen LogP contribution in [0.3, 0.4) is 0 Å². The molecule has 1 heterocycles. The Labute approximate surface area is 123 Å². The summed E-state index contributed by atoms with van der Waals surface area (Å²) in [6, 6.07) is 19.6. The molecule has 4 nitrogen and oxygen atoms in total. The molecule has 1 aromatic heterocycles. The van der Waals surface area contributed by atoms with Crippen molar-refractivity contribution >= 4 is 5.95 Å². The van der Waals surface area contributed by atoms with E-state index in [1.807, 2.05) is 60.7 Å². The highest BCUT2D eigenvalue weighted by molar-refractivity contribution is 5.67. The Bertz CT molecular complexity index is 729. The number of nitrogen functional groups attached to an aromatic ring is 1. The molecule has 0 fully saturated rings. The van der Waals surface area contributed by atoms with Crippen molar-refractivity contribution in [2.45, 2.75) is 6.61 Å². The monoisotopic (exact) mass is 277 g/mol. The minimum atomic E-state index is 0.255. The zero-order chi connectivity index (χ0) is 14.5. The third-order valence-electron chi connectivity index (χ3n) is 3.07. The van der Waals surface area contributed by atoms with E-state index in [0.717, 1.165) is 22.6 Å². The predicted molar refractivity (Wildman–Crippen MR) is 82.7 cm³/mol. The molecule has 2 aromatic carbocycles. The van der Waals surface area contributed by atoms with Crippen molar-refractivity contribution in [2.75, 3.05) is 5.73 Å². The number of hydrogen-bond acceptors (Lipinski definition) is 4. The van der Waals surface area contributed by atoms with E-state index in [2.05, 4.69) is 9.97 Å². The van der Waals surface area contributed by atoms with Gasteiger partial charge in [0.1, 0.15) is 12.4 Å². The molecule has 0 saturated carbocycles. The van der Waals surface area contributed by atoms with E-state index < -0.39 is 0 Å². The summed E-state index contributed by atoms with van der Waals surface area (Å²) >= 11 is 0. The number of hydrogen-bond donors (Lipinski definition) is 1. The second-order valence-electron chi connectivity index (χ2n) is 4.57. The standard InChI is InChI=1S/C17H15N3O/c18-17-19-11-10-15(20-17)14-8-4-5-9-16(14)21-12-13-6-2-1-3-7-13/h1-11H,12H2,(H2,18,19,20). The summed E-state index contributed by atoms with van der Waals surface area (Å²) in [5, 5.41) is 0. The van der Waals surface area contributed by atoms with E-state index in [1.165, 1.54) is 0 Å². The van der Waals surface area contributed by atoms with Gasteiger partial charge in [-0.2, -0.15) is 0 Å². The highest BCUT2D eigenvalue weighted by Gasteiger charge is 2.08. The number of nitrogens with two attached hydrogens (primary N) is 1. The molecule has 0 unspecified atom stereocenters. The van der Waals surface area contributed by atoms with Crippen LogP contribution in [0.25, 0.3) is 11.3 Å². The molecule has 0 spiro atoms. The van der Waals surface area contributed by atoms with Crippen LogP contribution in [0.2, 0.25) is 0 Å². The van der Waals surface area contributed by atoms with Gasteiger partial charge in [-0.1, -0.05) is 42.5 Å². The molecule has 0 bridgehead atoms. The van der Waals surface area contributed by atoms with Gasteiger partial charge in [0.2, 0.25) is 5.95 Å². The van der Waals surface area contributed by atoms with Crippen LogP contribution in [-0.4, -0.2) is 9.97 Å². The summed E-state index contributed by atoms with van der Waals surface area (Å²) < 4.78 is 5.92. The smallest absolute Gasteiger partial charge is 0.220 e. The minimum Gasteiger partial charge on any atom is -0.488 e. The normalized spacial score (nSPS) is 10.3. The average molecular weight is 277 g/mol. The van der Waals surface area contributed by atoms with Crippen LogP contribution < -0.4 is 10.5 Å². The lowest BCUT2D eigenvalue weighted by atomic mass is 10.1. The molecule has 21 heavy (non-hydrogen) atoms. The summed E-state index contributed by atoms with van der Waals surface area (Å²) in [7, 11) is 0. The fourth-order valence-corrected chi connectivity index (χ4v) is 2.06. The Morgan fingerprint density at radius 1 is 0.905 bits per heavy atom. The maximum atomic E-state index is 5.92. The number of nitrogens with zero attached hydrogens (tertiary/aromatic N) is 2. The van der Waals surface area contributed by atoms with Crippen LogP contribution in [0.1, 0.15) is 5.56 Å².